The first-order valence-electron chi connectivity index (χ1n) is 4.66. The number of carbonyl (C=O) groups is 1. The highest BCUT2D eigenvalue weighted by atomic mass is 16.1. The molecule has 0 heterocycles. The first-order chi connectivity index (χ1) is 5.75. The van der Waals surface area contributed by atoms with Crippen molar-refractivity contribution in [2.45, 2.75) is 38.6 Å². The van der Waals surface area contributed by atoms with Gasteiger partial charge < -0.3 is 5.32 Å². The van der Waals surface area contributed by atoms with Gasteiger partial charge in [-0.05, 0) is 45.2 Å². The number of allylic oxidation sites excluding steroid dienone is 1. The molecule has 0 aromatic carbocycles. The number of Topliss-reactive ketones (excluding diaryl/α,β-unsaturated/α-hetero) is 1. The Bertz CT molecular complexity index is 196. The van der Waals surface area contributed by atoms with E-state index in [0.29, 0.717) is 0 Å². The molecular formula is C10H17NO. The summed E-state index contributed by atoms with van der Waals surface area (Å²) in [6.45, 7) is 1.91. The Balaban J connectivity index is 2.56. The monoisotopic (exact) mass is 167 g/mol. The van der Waals surface area contributed by atoms with Crippen LogP contribution >= 0.6 is 0 Å². The second kappa shape index (κ2) is 4.41. The van der Waals surface area contributed by atoms with Crippen molar-refractivity contribution in [3.8, 4) is 0 Å². The van der Waals surface area contributed by atoms with E-state index in [1.165, 1.54) is 12.8 Å². The lowest BCUT2D eigenvalue weighted by atomic mass is 9.94. The van der Waals surface area contributed by atoms with Gasteiger partial charge in [-0.15, -0.1) is 0 Å². The molecule has 0 saturated carbocycles. The molecule has 2 heteroatoms. The lowest BCUT2D eigenvalue weighted by molar-refractivity contribution is -0.117. The van der Waals surface area contributed by atoms with Gasteiger partial charge >= 0.3 is 0 Å². The first-order valence-corrected chi connectivity index (χ1v) is 4.66. The topological polar surface area (TPSA) is 29.1 Å². The number of ketones is 1. The lowest BCUT2D eigenvalue weighted by Crippen LogP contribution is -2.32. The van der Waals surface area contributed by atoms with E-state index in [0.717, 1.165) is 18.4 Å². The first kappa shape index (κ1) is 9.46. The van der Waals surface area contributed by atoms with Gasteiger partial charge in [0.05, 0.1) is 6.04 Å². The van der Waals surface area contributed by atoms with E-state index in [4.69, 9.17) is 0 Å². The van der Waals surface area contributed by atoms with Crippen LogP contribution in [0.2, 0.25) is 0 Å². The summed E-state index contributed by atoms with van der Waals surface area (Å²) in [6.07, 6.45) is 6.57. The molecule has 1 N–H and O–H groups in total. The molecule has 2 nitrogen and oxygen atoms in total. The van der Waals surface area contributed by atoms with E-state index in [-0.39, 0.29) is 11.8 Å². The van der Waals surface area contributed by atoms with Gasteiger partial charge in [-0.25, -0.2) is 0 Å². The molecule has 1 aliphatic carbocycles. The molecule has 0 radical (unpaired) electrons. The van der Waals surface area contributed by atoms with E-state index >= 15 is 0 Å². The van der Waals surface area contributed by atoms with Gasteiger partial charge in [0.2, 0.25) is 0 Å². The van der Waals surface area contributed by atoms with Crippen molar-refractivity contribution in [2.75, 3.05) is 7.05 Å². The fourth-order valence-corrected chi connectivity index (χ4v) is 1.47. The van der Waals surface area contributed by atoms with E-state index < -0.39 is 0 Å². The van der Waals surface area contributed by atoms with Gasteiger partial charge in [-0.3, -0.25) is 4.79 Å². The van der Waals surface area contributed by atoms with E-state index in [9.17, 15) is 4.79 Å². The van der Waals surface area contributed by atoms with Crippen LogP contribution in [-0.4, -0.2) is 18.9 Å². The second-order valence-corrected chi connectivity index (χ2v) is 3.35. The Hall–Kier alpha value is -0.630. The van der Waals surface area contributed by atoms with Crippen molar-refractivity contribution in [3.63, 3.8) is 0 Å². The Kier molecular flexibility index (Phi) is 3.48. The largest absolute Gasteiger partial charge is 0.310 e. The minimum atomic E-state index is -0.0191. The van der Waals surface area contributed by atoms with Crippen LogP contribution in [0.3, 0.4) is 0 Å². The van der Waals surface area contributed by atoms with Crippen molar-refractivity contribution in [3.05, 3.63) is 11.6 Å². The summed E-state index contributed by atoms with van der Waals surface area (Å²) in [5.41, 5.74) is 1.03. The summed E-state index contributed by atoms with van der Waals surface area (Å²) in [5, 5.41) is 2.97. The standard InChI is InChI=1S/C10H17NO/c1-8(11-2)10(12)9-6-4-3-5-7-9/h6,8,11H,3-5,7H2,1-2H3. The van der Waals surface area contributed by atoms with Crippen molar-refractivity contribution in [1.82, 2.24) is 5.32 Å². The third kappa shape index (κ3) is 2.18. The molecular weight excluding hydrogens is 150 g/mol. The van der Waals surface area contributed by atoms with Crippen molar-refractivity contribution in [2.24, 2.45) is 0 Å². The average Bonchev–Trinajstić information content (AvgIpc) is 2.17. The minimum absolute atomic E-state index is 0.0191. The summed E-state index contributed by atoms with van der Waals surface area (Å²) in [5.74, 6) is 0.275. The molecule has 68 valence electrons. The fraction of sp³-hybridized carbons (Fsp3) is 0.700. The molecule has 1 rings (SSSR count). The lowest BCUT2D eigenvalue weighted by Gasteiger charge is -2.15. The number of rotatable bonds is 3. The summed E-state index contributed by atoms with van der Waals surface area (Å²) in [7, 11) is 1.83. The van der Waals surface area contributed by atoms with Crippen LogP contribution in [-0.2, 0) is 4.79 Å². The normalized spacial score (nSPS) is 20.0. The van der Waals surface area contributed by atoms with Gasteiger partial charge in [0.25, 0.3) is 0 Å². The van der Waals surface area contributed by atoms with Crippen LogP contribution in [0.15, 0.2) is 11.6 Å². The van der Waals surface area contributed by atoms with Crippen LogP contribution in [0.1, 0.15) is 32.6 Å². The second-order valence-electron chi connectivity index (χ2n) is 3.35. The minimum Gasteiger partial charge on any atom is -0.310 e. The van der Waals surface area contributed by atoms with E-state index in [1.54, 1.807) is 0 Å². The molecule has 1 unspecified atom stereocenters. The average molecular weight is 167 g/mol. The van der Waals surface area contributed by atoms with Gasteiger partial charge in [0.1, 0.15) is 0 Å². The Morgan fingerprint density at radius 2 is 2.33 bits per heavy atom. The molecule has 0 amide bonds. The van der Waals surface area contributed by atoms with Gasteiger partial charge in [0.15, 0.2) is 5.78 Å². The highest BCUT2D eigenvalue weighted by Gasteiger charge is 2.16. The zero-order valence-electron chi connectivity index (χ0n) is 7.89. The van der Waals surface area contributed by atoms with Gasteiger partial charge in [-0.2, -0.15) is 0 Å². The molecule has 0 fully saturated rings. The Morgan fingerprint density at radius 1 is 1.58 bits per heavy atom. The smallest absolute Gasteiger partial charge is 0.175 e. The molecule has 1 aliphatic rings. The fourth-order valence-electron chi connectivity index (χ4n) is 1.47. The summed E-state index contributed by atoms with van der Waals surface area (Å²) >= 11 is 0. The number of hydrogen-bond acceptors (Lipinski definition) is 2. The van der Waals surface area contributed by atoms with Crippen molar-refractivity contribution >= 4 is 5.78 Å². The molecule has 12 heavy (non-hydrogen) atoms. The predicted octanol–water partition coefficient (Wildman–Crippen LogP) is 1.66. The summed E-state index contributed by atoms with van der Waals surface area (Å²) in [6, 6.07) is -0.0191. The molecule has 0 aromatic rings. The maximum atomic E-state index is 11.6. The maximum absolute atomic E-state index is 11.6. The van der Waals surface area contributed by atoms with Crippen molar-refractivity contribution in [1.29, 1.82) is 0 Å². The van der Waals surface area contributed by atoms with Crippen LogP contribution < -0.4 is 5.32 Å². The number of carbonyl (C=O) groups excluding carboxylic acids is 1. The number of hydrogen-bond donors (Lipinski definition) is 1. The third-order valence-electron chi connectivity index (χ3n) is 2.43. The Morgan fingerprint density at radius 3 is 2.83 bits per heavy atom. The Labute approximate surface area is 74.0 Å². The number of likely N-dealkylation sites (N-methyl/N-ethyl adjacent to an activating group) is 1. The van der Waals surface area contributed by atoms with E-state index in [2.05, 4.69) is 11.4 Å². The van der Waals surface area contributed by atoms with E-state index in [1.807, 2.05) is 14.0 Å². The third-order valence-corrected chi connectivity index (χ3v) is 2.43. The van der Waals surface area contributed by atoms with Gasteiger partial charge in [-0.1, -0.05) is 6.08 Å². The van der Waals surface area contributed by atoms with Crippen LogP contribution in [0, 0.1) is 0 Å². The highest BCUT2D eigenvalue weighted by Crippen LogP contribution is 2.18. The summed E-state index contributed by atoms with van der Waals surface area (Å²) < 4.78 is 0. The maximum Gasteiger partial charge on any atom is 0.175 e. The molecule has 0 aliphatic heterocycles. The predicted molar refractivity (Wildman–Crippen MR) is 50.1 cm³/mol. The SMILES string of the molecule is CNC(C)C(=O)C1=CCCCC1. The van der Waals surface area contributed by atoms with Crippen LogP contribution in [0.4, 0.5) is 0 Å². The molecule has 0 saturated heterocycles. The quantitative estimate of drug-likeness (QED) is 0.692. The van der Waals surface area contributed by atoms with Crippen molar-refractivity contribution < 1.29 is 4.79 Å². The molecule has 0 bridgehead atoms. The summed E-state index contributed by atoms with van der Waals surface area (Å²) in [4.78, 5) is 11.6. The zero-order chi connectivity index (χ0) is 8.97. The van der Waals surface area contributed by atoms with Crippen LogP contribution in [0.5, 0.6) is 0 Å². The zero-order valence-corrected chi connectivity index (χ0v) is 7.89. The number of nitrogens with one attached hydrogen (secondary N) is 1. The van der Waals surface area contributed by atoms with Gasteiger partial charge in [0, 0.05) is 0 Å². The molecule has 0 spiro atoms. The molecule has 0 aromatic heterocycles. The van der Waals surface area contributed by atoms with Crippen LogP contribution in [0.25, 0.3) is 0 Å². The highest BCUT2D eigenvalue weighted by molar-refractivity contribution is 5.99. The molecule has 1 atom stereocenters.